The Morgan fingerprint density at radius 3 is 2.50 bits per heavy atom. The van der Waals surface area contributed by atoms with Crippen molar-refractivity contribution in [2.45, 2.75) is 18.7 Å². The average molecular weight is 292 g/mol. The molecule has 1 heterocycles. The fourth-order valence-corrected chi connectivity index (χ4v) is 2.98. The Morgan fingerprint density at radius 1 is 1.15 bits per heavy atom. The van der Waals surface area contributed by atoms with Crippen LogP contribution in [-0.2, 0) is 10.0 Å². The Balaban J connectivity index is 2.33. The Labute approximate surface area is 118 Å². The number of ether oxygens (including phenoxy) is 1. The first-order valence-electron chi connectivity index (χ1n) is 6.02. The van der Waals surface area contributed by atoms with Crippen LogP contribution in [0.4, 0.5) is 5.69 Å². The monoisotopic (exact) mass is 292 g/mol. The number of aromatic nitrogens is 1. The smallest absolute Gasteiger partial charge is 0.261 e. The van der Waals surface area contributed by atoms with Crippen LogP contribution >= 0.6 is 0 Å². The zero-order valence-corrected chi connectivity index (χ0v) is 12.4. The predicted molar refractivity (Wildman–Crippen MR) is 77.5 cm³/mol. The summed E-state index contributed by atoms with van der Waals surface area (Å²) in [6.07, 6.45) is 1.56. The summed E-state index contributed by atoms with van der Waals surface area (Å²) in [7, 11) is -2.06. The van der Waals surface area contributed by atoms with Gasteiger partial charge in [-0.05, 0) is 49.7 Å². The van der Waals surface area contributed by atoms with E-state index in [0.29, 0.717) is 11.4 Å². The number of sulfonamides is 1. The molecule has 1 aromatic carbocycles. The van der Waals surface area contributed by atoms with Crippen LogP contribution in [0.25, 0.3) is 0 Å². The van der Waals surface area contributed by atoms with Gasteiger partial charge in [-0.2, -0.15) is 0 Å². The van der Waals surface area contributed by atoms with Gasteiger partial charge in [-0.15, -0.1) is 0 Å². The minimum atomic E-state index is -3.61. The van der Waals surface area contributed by atoms with Crippen LogP contribution in [0, 0.1) is 13.8 Å². The molecule has 0 saturated heterocycles. The van der Waals surface area contributed by atoms with Crippen molar-refractivity contribution in [2.24, 2.45) is 0 Å². The van der Waals surface area contributed by atoms with Gasteiger partial charge in [0.1, 0.15) is 5.75 Å². The number of hydrogen-bond donors (Lipinski definition) is 1. The van der Waals surface area contributed by atoms with Crippen molar-refractivity contribution in [3.05, 3.63) is 47.8 Å². The quantitative estimate of drug-likeness (QED) is 0.940. The second-order valence-electron chi connectivity index (χ2n) is 4.42. The van der Waals surface area contributed by atoms with E-state index < -0.39 is 10.0 Å². The van der Waals surface area contributed by atoms with E-state index in [1.165, 1.54) is 6.07 Å². The molecule has 1 aromatic heterocycles. The van der Waals surface area contributed by atoms with Crippen molar-refractivity contribution in [3.63, 3.8) is 0 Å². The van der Waals surface area contributed by atoms with Crippen molar-refractivity contribution >= 4 is 15.7 Å². The Bertz CT molecular complexity index is 727. The lowest BCUT2D eigenvalue weighted by Crippen LogP contribution is -2.13. The molecule has 6 heteroatoms. The molecule has 0 radical (unpaired) electrons. The molecule has 0 saturated carbocycles. The van der Waals surface area contributed by atoms with Crippen molar-refractivity contribution in [1.82, 2.24) is 4.98 Å². The van der Waals surface area contributed by atoms with Gasteiger partial charge in [0.05, 0.1) is 17.7 Å². The fraction of sp³-hybridized carbons (Fsp3) is 0.214. The van der Waals surface area contributed by atoms with E-state index in [-0.39, 0.29) is 4.90 Å². The zero-order chi connectivity index (χ0) is 14.8. The SMILES string of the molecule is COc1ccc(S(=O)(=O)Nc2ccnc(C)c2)cc1C. The third kappa shape index (κ3) is 3.08. The molecule has 1 N–H and O–H groups in total. The molecule has 0 amide bonds. The number of aryl methyl sites for hydroxylation is 2. The normalized spacial score (nSPS) is 11.2. The maximum Gasteiger partial charge on any atom is 0.261 e. The summed E-state index contributed by atoms with van der Waals surface area (Å²) in [5.74, 6) is 0.656. The van der Waals surface area contributed by atoms with Gasteiger partial charge in [0, 0.05) is 11.9 Å². The van der Waals surface area contributed by atoms with Crippen molar-refractivity contribution in [1.29, 1.82) is 0 Å². The van der Waals surface area contributed by atoms with Crippen LogP contribution in [0.1, 0.15) is 11.3 Å². The average Bonchev–Trinajstić information content (AvgIpc) is 2.38. The maximum atomic E-state index is 12.3. The summed E-state index contributed by atoms with van der Waals surface area (Å²) < 4.78 is 32.2. The van der Waals surface area contributed by atoms with Crippen LogP contribution in [0.2, 0.25) is 0 Å². The molecule has 0 atom stereocenters. The summed E-state index contributed by atoms with van der Waals surface area (Å²) in [6.45, 7) is 3.60. The second-order valence-corrected chi connectivity index (χ2v) is 6.11. The molecular formula is C14H16N2O3S. The lowest BCUT2D eigenvalue weighted by atomic mass is 10.2. The highest BCUT2D eigenvalue weighted by atomic mass is 32.2. The summed E-state index contributed by atoms with van der Waals surface area (Å²) in [5, 5.41) is 0. The van der Waals surface area contributed by atoms with Crippen LogP contribution in [0.3, 0.4) is 0 Å². The highest BCUT2D eigenvalue weighted by Crippen LogP contribution is 2.23. The summed E-state index contributed by atoms with van der Waals surface area (Å²) in [6, 6.07) is 8.02. The van der Waals surface area contributed by atoms with E-state index in [4.69, 9.17) is 4.74 Å². The van der Waals surface area contributed by atoms with E-state index in [0.717, 1.165) is 11.3 Å². The van der Waals surface area contributed by atoms with E-state index >= 15 is 0 Å². The summed E-state index contributed by atoms with van der Waals surface area (Å²) in [5.41, 5.74) is 2.00. The third-order valence-electron chi connectivity index (χ3n) is 2.83. The molecule has 0 unspecified atom stereocenters. The standard InChI is InChI=1S/C14H16N2O3S/c1-10-8-13(4-5-14(10)19-3)20(17,18)16-12-6-7-15-11(2)9-12/h4-9H,1-3H3,(H,15,16). The first-order valence-corrected chi connectivity index (χ1v) is 7.51. The largest absolute Gasteiger partial charge is 0.496 e. The minimum Gasteiger partial charge on any atom is -0.496 e. The maximum absolute atomic E-state index is 12.3. The van der Waals surface area contributed by atoms with Gasteiger partial charge >= 0.3 is 0 Å². The molecular weight excluding hydrogens is 276 g/mol. The highest BCUT2D eigenvalue weighted by Gasteiger charge is 2.15. The third-order valence-corrected chi connectivity index (χ3v) is 4.20. The van der Waals surface area contributed by atoms with Gasteiger partial charge in [0.15, 0.2) is 0 Å². The molecule has 0 fully saturated rings. The van der Waals surface area contributed by atoms with E-state index in [2.05, 4.69) is 9.71 Å². The van der Waals surface area contributed by atoms with E-state index in [1.54, 1.807) is 51.4 Å². The molecule has 5 nitrogen and oxygen atoms in total. The molecule has 2 rings (SSSR count). The number of anilines is 1. The second kappa shape index (κ2) is 5.50. The summed E-state index contributed by atoms with van der Waals surface area (Å²) >= 11 is 0. The number of rotatable bonds is 4. The minimum absolute atomic E-state index is 0.199. The topological polar surface area (TPSA) is 68.3 Å². The predicted octanol–water partition coefficient (Wildman–Crippen LogP) is 2.51. The van der Waals surface area contributed by atoms with Crippen molar-refractivity contribution in [2.75, 3.05) is 11.8 Å². The first-order chi connectivity index (χ1) is 9.42. The zero-order valence-electron chi connectivity index (χ0n) is 11.5. The molecule has 0 bridgehead atoms. The van der Waals surface area contributed by atoms with Crippen molar-refractivity contribution < 1.29 is 13.2 Å². The lowest BCUT2D eigenvalue weighted by molar-refractivity contribution is 0.411. The Hall–Kier alpha value is -2.08. The van der Waals surface area contributed by atoms with Crippen LogP contribution < -0.4 is 9.46 Å². The molecule has 0 aliphatic carbocycles. The van der Waals surface area contributed by atoms with Crippen LogP contribution in [0.15, 0.2) is 41.4 Å². The molecule has 2 aromatic rings. The first kappa shape index (κ1) is 14.3. The number of methoxy groups -OCH3 is 1. The molecule has 106 valence electrons. The molecule has 20 heavy (non-hydrogen) atoms. The fourth-order valence-electron chi connectivity index (χ4n) is 1.84. The summed E-state index contributed by atoms with van der Waals surface area (Å²) in [4.78, 5) is 4.23. The Morgan fingerprint density at radius 2 is 1.90 bits per heavy atom. The molecule has 0 aliphatic rings. The van der Waals surface area contributed by atoms with E-state index in [9.17, 15) is 8.42 Å². The number of pyridine rings is 1. The molecule has 0 spiro atoms. The van der Waals surface area contributed by atoms with E-state index in [1.807, 2.05) is 0 Å². The molecule has 0 aliphatic heterocycles. The van der Waals surface area contributed by atoms with Gasteiger partial charge in [0.2, 0.25) is 0 Å². The Kier molecular flexibility index (Phi) is 3.94. The highest BCUT2D eigenvalue weighted by molar-refractivity contribution is 7.92. The van der Waals surface area contributed by atoms with Gasteiger partial charge < -0.3 is 4.74 Å². The number of benzene rings is 1. The van der Waals surface area contributed by atoms with Gasteiger partial charge in [-0.25, -0.2) is 8.42 Å². The van der Waals surface area contributed by atoms with Crippen LogP contribution in [-0.4, -0.2) is 20.5 Å². The lowest BCUT2D eigenvalue weighted by Gasteiger charge is -2.10. The van der Waals surface area contributed by atoms with Gasteiger partial charge in [-0.1, -0.05) is 0 Å². The van der Waals surface area contributed by atoms with Gasteiger partial charge in [-0.3, -0.25) is 9.71 Å². The number of nitrogens with one attached hydrogen (secondary N) is 1. The van der Waals surface area contributed by atoms with Crippen LogP contribution in [0.5, 0.6) is 5.75 Å². The number of nitrogens with zero attached hydrogens (tertiary/aromatic N) is 1. The van der Waals surface area contributed by atoms with Gasteiger partial charge in [0.25, 0.3) is 10.0 Å². The van der Waals surface area contributed by atoms with Crippen molar-refractivity contribution in [3.8, 4) is 5.75 Å². The number of hydrogen-bond acceptors (Lipinski definition) is 4.